The Labute approximate surface area is 341 Å². The normalized spacial score (nSPS) is 11.7. The number of hydrogen-bond acceptors (Lipinski definition) is 2. The van der Waals surface area contributed by atoms with E-state index >= 15 is 0 Å². The van der Waals surface area contributed by atoms with Gasteiger partial charge in [0.1, 0.15) is 0 Å². The van der Waals surface area contributed by atoms with Gasteiger partial charge in [0, 0.05) is 49.3 Å². The van der Waals surface area contributed by atoms with Crippen LogP contribution in [0.5, 0.6) is 0 Å². The minimum atomic E-state index is 0.916. The molecule has 12 rings (SSSR count). The SMILES string of the molecule is c1ccc(-n2c3ccccc3c3c4c(ccc32)c(-c2cccc(-c3cc(-c5ccc6ccccc6c5)cc(-c5ccc6ccccc6c5)n3)c2)nc2ccccc24)cc1. The highest BCUT2D eigenvalue weighted by atomic mass is 15.0. The van der Waals surface area contributed by atoms with Gasteiger partial charge in [0.2, 0.25) is 0 Å². The van der Waals surface area contributed by atoms with Crippen LogP contribution < -0.4 is 0 Å². The van der Waals surface area contributed by atoms with Crippen molar-refractivity contribution in [1.82, 2.24) is 14.5 Å². The van der Waals surface area contributed by atoms with Gasteiger partial charge in [0.05, 0.1) is 33.6 Å². The Morgan fingerprint density at radius 1 is 0.305 bits per heavy atom. The van der Waals surface area contributed by atoms with Gasteiger partial charge in [-0.05, 0) is 93.3 Å². The van der Waals surface area contributed by atoms with Gasteiger partial charge in [0.25, 0.3) is 0 Å². The lowest BCUT2D eigenvalue weighted by Crippen LogP contribution is -1.95. The van der Waals surface area contributed by atoms with Crippen molar-refractivity contribution in [1.29, 1.82) is 0 Å². The van der Waals surface area contributed by atoms with Crippen LogP contribution in [0.25, 0.3) is 116 Å². The minimum Gasteiger partial charge on any atom is -0.309 e. The molecule has 3 heterocycles. The quantitative estimate of drug-likeness (QED) is 0.164. The van der Waals surface area contributed by atoms with Crippen molar-refractivity contribution in [2.24, 2.45) is 0 Å². The third-order valence-electron chi connectivity index (χ3n) is 11.9. The zero-order chi connectivity index (χ0) is 38.9. The number of nitrogens with zero attached hydrogens (tertiary/aromatic N) is 3. The van der Waals surface area contributed by atoms with Crippen LogP contribution in [-0.2, 0) is 0 Å². The smallest absolute Gasteiger partial charge is 0.0788 e. The molecule has 0 spiro atoms. The van der Waals surface area contributed by atoms with Crippen LogP contribution in [-0.4, -0.2) is 14.5 Å². The molecule has 3 nitrogen and oxygen atoms in total. The molecule has 274 valence electrons. The molecule has 0 atom stereocenters. The maximum atomic E-state index is 5.42. The predicted octanol–water partition coefficient (Wildman–Crippen LogP) is 14.9. The Balaban J connectivity index is 1.08. The van der Waals surface area contributed by atoms with Gasteiger partial charge in [-0.2, -0.15) is 0 Å². The summed E-state index contributed by atoms with van der Waals surface area (Å²) in [6, 6.07) is 76.2. The lowest BCUT2D eigenvalue weighted by molar-refractivity contribution is 1.18. The van der Waals surface area contributed by atoms with Gasteiger partial charge in [0.15, 0.2) is 0 Å². The molecular formula is C56H35N3. The molecule has 9 aromatic carbocycles. The summed E-state index contributed by atoms with van der Waals surface area (Å²) in [4.78, 5) is 10.8. The summed E-state index contributed by atoms with van der Waals surface area (Å²) in [6.07, 6.45) is 0. The Bertz CT molecular complexity index is 3520. The number of pyridine rings is 2. The fourth-order valence-corrected chi connectivity index (χ4v) is 9.11. The van der Waals surface area contributed by atoms with E-state index in [1.165, 1.54) is 48.7 Å². The van der Waals surface area contributed by atoms with Crippen molar-refractivity contribution in [3.8, 4) is 50.6 Å². The zero-order valence-corrected chi connectivity index (χ0v) is 32.0. The third kappa shape index (κ3) is 5.51. The molecule has 0 fully saturated rings. The average Bonchev–Trinajstić information content (AvgIpc) is 3.65. The van der Waals surface area contributed by atoms with Crippen LogP contribution in [0.1, 0.15) is 0 Å². The molecule has 0 amide bonds. The number of hydrogen-bond donors (Lipinski definition) is 0. The first-order chi connectivity index (χ1) is 29.2. The Hall–Kier alpha value is -7.88. The summed E-state index contributed by atoms with van der Waals surface area (Å²) in [5.41, 5.74) is 12.8. The largest absolute Gasteiger partial charge is 0.309 e. The monoisotopic (exact) mass is 749 g/mol. The highest BCUT2D eigenvalue weighted by Crippen LogP contribution is 2.43. The summed E-state index contributed by atoms with van der Waals surface area (Å²) < 4.78 is 2.39. The van der Waals surface area contributed by atoms with Gasteiger partial charge < -0.3 is 4.57 Å². The summed E-state index contributed by atoms with van der Waals surface area (Å²) in [5.74, 6) is 0. The first-order valence-corrected chi connectivity index (χ1v) is 20.1. The Morgan fingerprint density at radius 3 is 1.69 bits per heavy atom. The second-order valence-electron chi connectivity index (χ2n) is 15.4. The average molecular weight is 750 g/mol. The van der Waals surface area contributed by atoms with Crippen LogP contribution in [0.4, 0.5) is 0 Å². The van der Waals surface area contributed by atoms with E-state index in [4.69, 9.17) is 9.97 Å². The topological polar surface area (TPSA) is 30.7 Å². The lowest BCUT2D eigenvalue weighted by Gasteiger charge is -2.14. The summed E-state index contributed by atoms with van der Waals surface area (Å²) in [6.45, 7) is 0. The van der Waals surface area contributed by atoms with Gasteiger partial charge in [-0.1, -0.05) is 152 Å². The first-order valence-electron chi connectivity index (χ1n) is 20.1. The van der Waals surface area contributed by atoms with E-state index in [9.17, 15) is 0 Å². The molecule has 0 saturated carbocycles. The van der Waals surface area contributed by atoms with E-state index in [0.29, 0.717) is 0 Å². The molecule has 0 unspecified atom stereocenters. The first kappa shape index (κ1) is 33.3. The van der Waals surface area contributed by atoms with Gasteiger partial charge in [-0.3, -0.25) is 0 Å². The maximum Gasteiger partial charge on any atom is 0.0788 e. The second-order valence-corrected chi connectivity index (χ2v) is 15.4. The standard InChI is InChI=1S/C56H35N3/c1-2-19-45(20-3-1)59-52-24-11-9-22-47(52)55-53(59)30-29-48-54(55)46-21-8-10-23-49(46)58-56(48)43-18-12-17-41(33-43)50-34-44(40-27-25-36-13-4-6-15-38(36)31-40)35-51(57-50)42-28-26-37-14-5-7-16-39(37)32-42/h1-35H. The zero-order valence-electron chi connectivity index (χ0n) is 32.0. The fourth-order valence-electron chi connectivity index (χ4n) is 9.11. The van der Waals surface area contributed by atoms with Crippen LogP contribution >= 0.6 is 0 Å². The molecule has 0 bridgehead atoms. The summed E-state index contributed by atoms with van der Waals surface area (Å²) >= 11 is 0. The third-order valence-corrected chi connectivity index (χ3v) is 11.9. The van der Waals surface area contributed by atoms with Crippen molar-refractivity contribution in [2.75, 3.05) is 0 Å². The molecular weight excluding hydrogens is 715 g/mol. The Kier molecular flexibility index (Phi) is 7.54. The van der Waals surface area contributed by atoms with E-state index < -0.39 is 0 Å². The highest BCUT2D eigenvalue weighted by molar-refractivity contribution is 6.29. The molecule has 0 N–H and O–H groups in total. The van der Waals surface area contributed by atoms with Crippen LogP contribution in [0.15, 0.2) is 212 Å². The molecule has 0 aliphatic heterocycles. The number of fused-ring (bicyclic) bond motifs is 9. The molecule has 59 heavy (non-hydrogen) atoms. The van der Waals surface area contributed by atoms with Gasteiger partial charge in [-0.25, -0.2) is 9.97 Å². The van der Waals surface area contributed by atoms with Crippen LogP contribution in [0.3, 0.4) is 0 Å². The van der Waals surface area contributed by atoms with E-state index in [-0.39, 0.29) is 0 Å². The number of aromatic nitrogens is 3. The number of para-hydroxylation sites is 3. The molecule has 0 radical (unpaired) electrons. The van der Waals surface area contributed by atoms with Crippen LogP contribution in [0.2, 0.25) is 0 Å². The van der Waals surface area contributed by atoms with Crippen molar-refractivity contribution in [3.63, 3.8) is 0 Å². The van der Waals surface area contributed by atoms with E-state index in [0.717, 1.165) is 66.9 Å². The number of benzene rings is 9. The van der Waals surface area contributed by atoms with Gasteiger partial charge in [-0.15, -0.1) is 0 Å². The molecule has 0 aliphatic rings. The maximum absolute atomic E-state index is 5.42. The molecule has 0 saturated heterocycles. The number of rotatable bonds is 5. The molecule has 0 aliphatic carbocycles. The van der Waals surface area contributed by atoms with E-state index in [1.54, 1.807) is 0 Å². The highest BCUT2D eigenvalue weighted by Gasteiger charge is 2.20. The molecule has 3 aromatic heterocycles. The van der Waals surface area contributed by atoms with E-state index in [2.05, 4.69) is 217 Å². The van der Waals surface area contributed by atoms with Gasteiger partial charge >= 0.3 is 0 Å². The summed E-state index contributed by atoms with van der Waals surface area (Å²) in [7, 11) is 0. The van der Waals surface area contributed by atoms with Crippen molar-refractivity contribution in [3.05, 3.63) is 212 Å². The fraction of sp³-hybridized carbons (Fsp3) is 0. The second kappa shape index (κ2) is 13.4. The van der Waals surface area contributed by atoms with E-state index in [1.807, 2.05) is 0 Å². The molecule has 12 aromatic rings. The van der Waals surface area contributed by atoms with Crippen molar-refractivity contribution >= 4 is 65.0 Å². The summed E-state index contributed by atoms with van der Waals surface area (Å²) in [5, 5.41) is 10.8. The predicted molar refractivity (Wildman–Crippen MR) is 248 cm³/mol. The molecule has 3 heteroatoms. The van der Waals surface area contributed by atoms with Crippen LogP contribution in [0, 0.1) is 0 Å². The minimum absolute atomic E-state index is 0.916. The lowest BCUT2D eigenvalue weighted by atomic mass is 9.94. The van der Waals surface area contributed by atoms with Crippen molar-refractivity contribution < 1.29 is 0 Å². The van der Waals surface area contributed by atoms with Crippen molar-refractivity contribution in [2.45, 2.75) is 0 Å². The Morgan fingerprint density at radius 2 is 0.915 bits per heavy atom.